The van der Waals surface area contributed by atoms with Crippen molar-refractivity contribution >= 4 is 11.6 Å². The normalized spacial score (nSPS) is 14.5. The predicted molar refractivity (Wildman–Crippen MR) is 93.5 cm³/mol. The minimum Gasteiger partial charge on any atom is -0.493 e. The molecule has 0 saturated heterocycles. The van der Waals surface area contributed by atoms with Crippen molar-refractivity contribution in [3.05, 3.63) is 53.8 Å². The first kappa shape index (κ1) is 17.1. The van der Waals surface area contributed by atoms with E-state index in [1.54, 1.807) is 38.5 Å². The van der Waals surface area contributed by atoms with E-state index in [2.05, 4.69) is 10.6 Å². The summed E-state index contributed by atoms with van der Waals surface area (Å²) in [4.78, 5) is 12.6. The van der Waals surface area contributed by atoms with Crippen LogP contribution in [0.25, 0.3) is 0 Å². The molecule has 3 rings (SSSR count). The lowest BCUT2D eigenvalue weighted by molar-refractivity contribution is -0.122. The summed E-state index contributed by atoms with van der Waals surface area (Å²) in [7, 11) is 3.12. The SMILES string of the molecule is COc1ccc(N[C@@H](C(=O)NC2CC2)c2ccc(F)cc2)cc1OC. The summed E-state index contributed by atoms with van der Waals surface area (Å²) in [5, 5.41) is 6.19. The summed E-state index contributed by atoms with van der Waals surface area (Å²) in [5.41, 5.74) is 1.40. The molecule has 1 saturated carbocycles. The van der Waals surface area contributed by atoms with Gasteiger partial charge in [-0.05, 0) is 42.7 Å². The van der Waals surface area contributed by atoms with Crippen LogP contribution < -0.4 is 20.1 Å². The topological polar surface area (TPSA) is 59.6 Å². The fourth-order valence-electron chi connectivity index (χ4n) is 2.56. The Labute approximate surface area is 146 Å². The standard InChI is InChI=1S/C19H21FN2O3/c1-24-16-10-9-15(11-17(16)25-2)21-18(19(23)22-14-7-8-14)12-3-5-13(20)6-4-12/h3-6,9-11,14,18,21H,7-8H2,1-2H3,(H,22,23)/t18-/m1/s1. The Morgan fingerprint density at radius 2 is 1.76 bits per heavy atom. The maximum atomic E-state index is 13.2. The van der Waals surface area contributed by atoms with Gasteiger partial charge in [0.25, 0.3) is 0 Å². The van der Waals surface area contributed by atoms with Gasteiger partial charge in [-0.25, -0.2) is 4.39 Å². The third-order valence-electron chi connectivity index (χ3n) is 4.08. The highest BCUT2D eigenvalue weighted by molar-refractivity contribution is 5.86. The second kappa shape index (κ2) is 7.42. The molecule has 1 fully saturated rings. The van der Waals surface area contributed by atoms with E-state index in [9.17, 15) is 9.18 Å². The van der Waals surface area contributed by atoms with Crippen molar-refractivity contribution in [3.63, 3.8) is 0 Å². The van der Waals surface area contributed by atoms with Crippen molar-refractivity contribution in [1.82, 2.24) is 5.32 Å². The van der Waals surface area contributed by atoms with Crippen LogP contribution in [0.1, 0.15) is 24.4 Å². The Hall–Kier alpha value is -2.76. The quantitative estimate of drug-likeness (QED) is 0.809. The zero-order valence-corrected chi connectivity index (χ0v) is 14.2. The average Bonchev–Trinajstić information content (AvgIpc) is 3.44. The Balaban J connectivity index is 1.86. The maximum Gasteiger partial charge on any atom is 0.247 e. The molecule has 25 heavy (non-hydrogen) atoms. The number of rotatable bonds is 7. The molecule has 132 valence electrons. The van der Waals surface area contributed by atoms with Gasteiger partial charge >= 0.3 is 0 Å². The largest absolute Gasteiger partial charge is 0.493 e. The smallest absolute Gasteiger partial charge is 0.247 e. The van der Waals surface area contributed by atoms with Gasteiger partial charge in [0, 0.05) is 17.8 Å². The van der Waals surface area contributed by atoms with E-state index >= 15 is 0 Å². The summed E-state index contributed by atoms with van der Waals surface area (Å²) in [6.07, 6.45) is 2.00. The van der Waals surface area contributed by atoms with Crippen LogP contribution in [0, 0.1) is 5.82 Å². The Morgan fingerprint density at radius 1 is 1.08 bits per heavy atom. The van der Waals surface area contributed by atoms with E-state index in [-0.39, 0.29) is 17.8 Å². The number of anilines is 1. The monoisotopic (exact) mass is 344 g/mol. The fraction of sp³-hybridized carbons (Fsp3) is 0.316. The predicted octanol–water partition coefficient (Wildman–Crippen LogP) is 3.27. The lowest BCUT2D eigenvalue weighted by atomic mass is 10.1. The number of amides is 1. The zero-order valence-electron chi connectivity index (χ0n) is 14.2. The van der Waals surface area contributed by atoms with Crippen molar-refractivity contribution in [2.75, 3.05) is 19.5 Å². The number of benzene rings is 2. The number of carbonyl (C=O) groups excluding carboxylic acids is 1. The minimum absolute atomic E-state index is 0.135. The highest BCUT2D eigenvalue weighted by Crippen LogP contribution is 2.32. The molecule has 0 aliphatic heterocycles. The zero-order chi connectivity index (χ0) is 17.8. The molecule has 0 unspecified atom stereocenters. The lowest BCUT2D eigenvalue weighted by Crippen LogP contribution is -2.34. The molecule has 2 aromatic rings. The summed E-state index contributed by atoms with van der Waals surface area (Å²) in [6.45, 7) is 0. The number of carbonyl (C=O) groups is 1. The van der Waals surface area contributed by atoms with Crippen LogP contribution in [0.2, 0.25) is 0 Å². The van der Waals surface area contributed by atoms with Crippen LogP contribution in [-0.2, 0) is 4.79 Å². The van der Waals surface area contributed by atoms with Crippen LogP contribution >= 0.6 is 0 Å². The van der Waals surface area contributed by atoms with Gasteiger partial charge in [0.2, 0.25) is 5.91 Å². The van der Waals surface area contributed by atoms with Gasteiger partial charge in [0.05, 0.1) is 14.2 Å². The minimum atomic E-state index is -0.626. The summed E-state index contributed by atoms with van der Waals surface area (Å²) < 4.78 is 23.8. The van der Waals surface area contributed by atoms with Gasteiger partial charge in [-0.15, -0.1) is 0 Å². The van der Waals surface area contributed by atoms with Gasteiger partial charge in [0.1, 0.15) is 11.9 Å². The van der Waals surface area contributed by atoms with Gasteiger partial charge in [0.15, 0.2) is 11.5 Å². The second-order valence-electron chi connectivity index (χ2n) is 5.98. The first-order valence-electron chi connectivity index (χ1n) is 8.15. The molecule has 2 aromatic carbocycles. The molecular formula is C19H21FN2O3. The van der Waals surface area contributed by atoms with E-state index in [1.165, 1.54) is 12.1 Å². The molecule has 2 N–H and O–H groups in total. The number of methoxy groups -OCH3 is 2. The van der Waals surface area contributed by atoms with Crippen molar-refractivity contribution in [2.24, 2.45) is 0 Å². The average molecular weight is 344 g/mol. The van der Waals surface area contributed by atoms with E-state index < -0.39 is 6.04 Å². The summed E-state index contributed by atoms with van der Waals surface area (Å²) in [6, 6.07) is 10.9. The van der Waals surface area contributed by atoms with Gasteiger partial charge in [-0.2, -0.15) is 0 Å². The molecule has 0 aromatic heterocycles. The maximum absolute atomic E-state index is 13.2. The van der Waals surface area contributed by atoms with Crippen LogP contribution in [0.4, 0.5) is 10.1 Å². The molecule has 1 atom stereocenters. The molecule has 6 heteroatoms. The molecule has 0 spiro atoms. The highest BCUT2D eigenvalue weighted by atomic mass is 19.1. The number of hydrogen-bond donors (Lipinski definition) is 2. The van der Waals surface area contributed by atoms with Crippen LogP contribution in [-0.4, -0.2) is 26.2 Å². The third-order valence-corrected chi connectivity index (χ3v) is 4.08. The number of ether oxygens (including phenoxy) is 2. The Bertz CT molecular complexity index is 745. The molecule has 0 radical (unpaired) electrons. The Morgan fingerprint density at radius 3 is 2.36 bits per heavy atom. The number of halogens is 1. The molecule has 1 aliphatic rings. The van der Waals surface area contributed by atoms with E-state index in [4.69, 9.17) is 9.47 Å². The fourth-order valence-corrected chi connectivity index (χ4v) is 2.56. The van der Waals surface area contributed by atoms with Crippen molar-refractivity contribution in [1.29, 1.82) is 0 Å². The van der Waals surface area contributed by atoms with Crippen LogP contribution in [0.5, 0.6) is 11.5 Å². The molecular weight excluding hydrogens is 323 g/mol. The molecule has 0 bridgehead atoms. The van der Waals surface area contributed by atoms with E-state index in [0.717, 1.165) is 12.8 Å². The Kier molecular flexibility index (Phi) is 5.07. The first-order valence-corrected chi connectivity index (χ1v) is 8.15. The van der Waals surface area contributed by atoms with Crippen LogP contribution in [0.15, 0.2) is 42.5 Å². The summed E-state index contributed by atoms with van der Waals surface area (Å²) >= 11 is 0. The van der Waals surface area contributed by atoms with Crippen molar-refractivity contribution < 1.29 is 18.7 Å². The van der Waals surface area contributed by atoms with Crippen molar-refractivity contribution in [3.8, 4) is 11.5 Å². The van der Waals surface area contributed by atoms with Gasteiger partial charge in [-0.3, -0.25) is 4.79 Å². The van der Waals surface area contributed by atoms with E-state index in [0.29, 0.717) is 22.7 Å². The molecule has 1 aliphatic carbocycles. The number of nitrogens with one attached hydrogen (secondary N) is 2. The molecule has 0 heterocycles. The van der Waals surface area contributed by atoms with Crippen LogP contribution in [0.3, 0.4) is 0 Å². The van der Waals surface area contributed by atoms with Gasteiger partial charge < -0.3 is 20.1 Å². The first-order chi connectivity index (χ1) is 12.1. The van der Waals surface area contributed by atoms with E-state index in [1.807, 2.05) is 6.07 Å². The summed E-state index contributed by atoms with van der Waals surface area (Å²) in [5.74, 6) is 0.696. The van der Waals surface area contributed by atoms with Gasteiger partial charge in [-0.1, -0.05) is 12.1 Å². The number of hydrogen-bond acceptors (Lipinski definition) is 4. The third kappa shape index (κ3) is 4.21. The van der Waals surface area contributed by atoms with Crippen molar-refractivity contribution in [2.45, 2.75) is 24.9 Å². The molecule has 5 nitrogen and oxygen atoms in total. The second-order valence-corrected chi connectivity index (χ2v) is 5.98. The highest BCUT2D eigenvalue weighted by Gasteiger charge is 2.28. The molecule has 1 amide bonds. The lowest BCUT2D eigenvalue weighted by Gasteiger charge is -2.21.